The molecule has 8 heteroatoms. The Kier molecular flexibility index (Phi) is 6.50. The first-order chi connectivity index (χ1) is 15.5. The lowest BCUT2D eigenvalue weighted by Gasteiger charge is -2.29. The van der Waals surface area contributed by atoms with Crippen molar-refractivity contribution >= 4 is 17.3 Å². The van der Waals surface area contributed by atoms with Crippen molar-refractivity contribution in [3.05, 3.63) is 47.5 Å². The van der Waals surface area contributed by atoms with Gasteiger partial charge in [0, 0.05) is 37.7 Å². The van der Waals surface area contributed by atoms with Crippen molar-refractivity contribution in [2.45, 2.75) is 19.4 Å². The first kappa shape index (κ1) is 22.0. The molecule has 0 saturated carbocycles. The van der Waals surface area contributed by atoms with Gasteiger partial charge in [-0.05, 0) is 29.8 Å². The van der Waals surface area contributed by atoms with Crippen molar-refractivity contribution in [1.29, 1.82) is 0 Å². The van der Waals surface area contributed by atoms with Gasteiger partial charge in [-0.3, -0.25) is 4.79 Å². The zero-order valence-corrected chi connectivity index (χ0v) is 19.0. The maximum atomic E-state index is 12.4. The molecule has 0 aliphatic carbocycles. The summed E-state index contributed by atoms with van der Waals surface area (Å²) in [6.07, 6.45) is 0.592. The van der Waals surface area contributed by atoms with E-state index in [9.17, 15) is 4.79 Å². The minimum atomic E-state index is -0.166. The van der Waals surface area contributed by atoms with Crippen LogP contribution in [0.3, 0.4) is 0 Å². The highest BCUT2D eigenvalue weighted by molar-refractivity contribution is 6.04. The highest BCUT2D eigenvalue weighted by Gasteiger charge is 2.32. The molecule has 8 nitrogen and oxygen atoms in total. The molecule has 0 bridgehead atoms. The first-order valence-corrected chi connectivity index (χ1v) is 10.7. The molecule has 2 aliphatic rings. The van der Waals surface area contributed by atoms with Crippen molar-refractivity contribution in [3.8, 4) is 17.2 Å². The molecule has 2 heterocycles. The predicted molar refractivity (Wildman–Crippen MR) is 122 cm³/mol. The molecule has 0 N–H and O–H groups in total. The minimum Gasteiger partial charge on any atom is -0.493 e. The van der Waals surface area contributed by atoms with Crippen LogP contribution in [0.15, 0.2) is 41.5 Å². The first-order valence-electron chi connectivity index (χ1n) is 10.7. The number of hydrazone groups is 1. The third-order valence-corrected chi connectivity index (χ3v) is 5.89. The molecule has 32 heavy (non-hydrogen) atoms. The number of morpholine rings is 1. The number of amides is 1. The Balaban J connectivity index is 1.61. The van der Waals surface area contributed by atoms with Crippen LogP contribution in [0.4, 0.5) is 5.69 Å². The average molecular weight is 440 g/mol. The van der Waals surface area contributed by atoms with Crippen LogP contribution in [0.1, 0.15) is 30.5 Å². The summed E-state index contributed by atoms with van der Waals surface area (Å²) in [6, 6.07) is 11.9. The molecule has 2 aromatic rings. The summed E-state index contributed by atoms with van der Waals surface area (Å²) in [5.41, 5.74) is 3.83. The molecule has 1 unspecified atom stereocenters. The van der Waals surface area contributed by atoms with Crippen LogP contribution in [0.5, 0.6) is 17.2 Å². The molecule has 0 radical (unpaired) electrons. The fraction of sp³-hybridized carbons (Fsp3) is 0.417. The fourth-order valence-corrected chi connectivity index (χ4v) is 4.21. The van der Waals surface area contributed by atoms with Gasteiger partial charge in [0.15, 0.2) is 11.5 Å². The fourth-order valence-electron chi connectivity index (χ4n) is 4.21. The lowest BCUT2D eigenvalue weighted by atomic mass is 9.97. The molecule has 4 rings (SSSR count). The highest BCUT2D eigenvalue weighted by Crippen LogP contribution is 2.41. The number of benzene rings is 2. The lowest BCUT2D eigenvalue weighted by Crippen LogP contribution is -2.36. The number of hydrogen-bond acceptors (Lipinski definition) is 7. The number of rotatable bonds is 6. The normalized spacial score (nSPS) is 18.4. The number of nitrogens with zero attached hydrogens (tertiary/aromatic N) is 3. The predicted octanol–water partition coefficient (Wildman–Crippen LogP) is 3.25. The number of ether oxygens (including phenoxy) is 4. The molecular weight excluding hydrogens is 410 g/mol. The van der Waals surface area contributed by atoms with Crippen LogP contribution in [0.2, 0.25) is 0 Å². The van der Waals surface area contributed by atoms with Gasteiger partial charge in [-0.1, -0.05) is 12.1 Å². The van der Waals surface area contributed by atoms with E-state index in [1.165, 1.54) is 6.92 Å². The summed E-state index contributed by atoms with van der Waals surface area (Å²) < 4.78 is 21.8. The molecule has 170 valence electrons. The largest absolute Gasteiger partial charge is 0.493 e. The standard InChI is InChI=1S/C24H29N3O5/c1-16(28)27-21(17-5-7-19(8-6-17)26-9-11-32-12-10-26)15-20(25-27)18-13-22(29-2)24(31-4)23(14-18)30-3/h5-8,13-14,21H,9-12,15H2,1-4H3. The van der Waals surface area contributed by atoms with Crippen molar-refractivity contribution < 1.29 is 23.7 Å². The maximum absolute atomic E-state index is 12.4. The van der Waals surface area contributed by atoms with Gasteiger partial charge in [0.05, 0.1) is 46.3 Å². The summed E-state index contributed by atoms with van der Waals surface area (Å²) in [6.45, 7) is 4.80. The second-order valence-corrected chi connectivity index (χ2v) is 7.74. The van der Waals surface area contributed by atoms with Crippen LogP contribution in [-0.2, 0) is 9.53 Å². The van der Waals surface area contributed by atoms with Crippen molar-refractivity contribution in [3.63, 3.8) is 0 Å². The van der Waals surface area contributed by atoms with Gasteiger partial charge in [0.25, 0.3) is 0 Å². The molecule has 1 saturated heterocycles. The monoisotopic (exact) mass is 439 g/mol. The Morgan fingerprint density at radius 3 is 2.16 bits per heavy atom. The topological polar surface area (TPSA) is 72.8 Å². The third-order valence-electron chi connectivity index (χ3n) is 5.89. The third kappa shape index (κ3) is 4.23. The Morgan fingerprint density at radius 1 is 1.00 bits per heavy atom. The van der Waals surface area contributed by atoms with Gasteiger partial charge in [-0.15, -0.1) is 0 Å². The van der Waals surface area contributed by atoms with Gasteiger partial charge in [0.2, 0.25) is 11.7 Å². The van der Waals surface area contributed by atoms with Crippen molar-refractivity contribution in [2.75, 3.05) is 52.5 Å². The van der Waals surface area contributed by atoms with E-state index in [0.717, 1.165) is 48.8 Å². The molecule has 1 amide bonds. The van der Waals surface area contributed by atoms with E-state index in [-0.39, 0.29) is 11.9 Å². The second-order valence-electron chi connectivity index (χ2n) is 7.74. The number of carbonyl (C=O) groups excluding carboxylic acids is 1. The molecule has 2 aliphatic heterocycles. The van der Waals surface area contributed by atoms with Gasteiger partial charge in [-0.2, -0.15) is 5.10 Å². The molecular formula is C24H29N3O5. The molecule has 1 fully saturated rings. The number of carbonyl (C=O) groups is 1. The summed E-state index contributed by atoms with van der Waals surface area (Å²) in [4.78, 5) is 14.7. The summed E-state index contributed by atoms with van der Waals surface area (Å²) in [5.74, 6) is 1.53. The van der Waals surface area contributed by atoms with Gasteiger partial charge >= 0.3 is 0 Å². The average Bonchev–Trinajstić information content (AvgIpc) is 3.29. The minimum absolute atomic E-state index is 0.102. The van der Waals surface area contributed by atoms with E-state index in [4.69, 9.17) is 18.9 Å². The van der Waals surface area contributed by atoms with E-state index >= 15 is 0 Å². The molecule has 2 aromatic carbocycles. The summed E-state index contributed by atoms with van der Waals surface area (Å²) >= 11 is 0. The quantitative estimate of drug-likeness (QED) is 0.688. The highest BCUT2D eigenvalue weighted by atomic mass is 16.5. The van der Waals surface area contributed by atoms with Gasteiger partial charge < -0.3 is 23.8 Å². The molecule has 0 aromatic heterocycles. The summed E-state index contributed by atoms with van der Waals surface area (Å²) in [5, 5.41) is 6.21. The van der Waals surface area contributed by atoms with Crippen LogP contribution in [-0.4, -0.2) is 64.3 Å². The Morgan fingerprint density at radius 2 is 1.62 bits per heavy atom. The van der Waals surface area contributed by atoms with Crippen LogP contribution >= 0.6 is 0 Å². The van der Waals surface area contributed by atoms with E-state index in [0.29, 0.717) is 23.7 Å². The smallest absolute Gasteiger partial charge is 0.240 e. The lowest BCUT2D eigenvalue weighted by molar-refractivity contribution is -0.130. The Bertz CT molecular complexity index is 974. The molecule has 1 atom stereocenters. The van der Waals surface area contributed by atoms with Crippen molar-refractivity contribution in [2.24, 2.45) is 5.10 Å². The van der Waals surface area contributed by atoms with Gasteiger partial charge in [0.1, 0.15) is 0 Å². The van der Waals surface area contributed by atoms with E-state index < -0.39 is 0 Å². The van der Waals surface area contributed by atoms with Crippen molar-refractivity contribution in [1.82, 2.24) is 5.01 Å². The number of anilines is 1. The SMILES string of the molecule is COc1cc(C2=NN(C(C)=O)C(c3ccc(N4CCOCC4)cc3)C2)cc(OC)c1OC. The Hall–Kier alpha value is -3.26. The zero-order chi connectivity index (χ0) is 22.7. The van der Waals surface area contributed by atoms with Gasteiger partial charge in [-0.25, -0.2) is 5.01 Å². The van der Waals surface area contributed by atoms with E-state index in [1.54, 1.807) is 26.3 Å². The van der Waals surface area contributed by atoms with E-state index in [2.05, 4.69) is 34.3 Å². The Labute approximate surface area is 188 Å². The van der Waals surface area contributed by atoms with Crippen LogP contribution in [0.25, 0.3) is 0 Å². The number of hydrogen-bond donors (Lipinski definition) is 0. The van der Waals surface area contributed by atoms with Crippen LogP contribution < -0.4 is 19.1 Å². The zero-order valence-electron chi connectivity index (χ0n) is 19.0. The molecule has 0 spiro atoms. The van der Waals surface area contributed by atoms with Crippen LogP contribution in [0, 0.1) is 0 Å². The van der Waals surface area contributed by atoms with E-state index in [1.807, 2.05) is 12.1 Å². The number of methoxy groups -OCH3 is 3. The second kappa shape index (κ2) is 9.48. The summed E-state index contributed by atoms with van der Waals surface area (Å²) in [7, 11) is 4.73. The maximum Gasteiger partial charge on any atom is 0.240 e.